The van der Waals surface area contributed by atoms with Gasteiger partial charge in [-0.3, -0.25) is 4.79 Å². The van der Waals surface area contributed by atoms with Crippen molar-refractivity contribution < 1.29 is 4.79 Å². The van der Waals surface area contributed by atoms with Crippen LogP contribution in [0.25, 0.3) is 0 Å². The molecule has 92 valence electrons. The lowest BCUT2D eigenvalue weighted by Gasteiger charge is -2.19. The molecule has 1 saturated heterocycles. The van der Waals surface area contributed by atoms with Crippen LogP contribution >= 0.6 is 11.8 Å². The van der Waals surface area contributed by atoms with Crippen LogP contribution in [0.4, 0.5) is 5.69 Å². The molecule has 4 nitrogen and oxygen atoms in total. The van der Waals surface area contributed by atoms with Crippen molar-refractivity contribution in [3.63, 3.8) is 0 Å². The van der Waals surface area contributed by atoms with E-state index in [1.54, 1.807) is 12.3 Å². The van der Waals surface area contributed by atoms with Gasteiger partial charge in [-0.25, -0.2) is 4.98 Å². The van der Waals surface area contributed by atoms with Crippen molar-refractivity contribution in [1.82, 2.24) is 9.88 Å². The molecule has 0 atom stereocenters. The number of nitrogens with zero attached hydrogens (tertiary/aromatic N) is 2. The summed E-state index contributed by atoms with van der Waals surface area (Å²) in [5.74, 6) is 2.23. The standard InChI is InChI=1S/C12H17N3OS/c1-13-10-3-4-11(14-9-10)12(16)15-5-2-7-17-8-6-15/h3-4,9,13H,2,5-8H2,1H3. The normalized spacial score (nSPS) is 16.4. The summed E-state index contributed by atoms with van der Waals surface area (Å²) in [7, 11) is 1.84. The Morgan fingerprint density at radius 1 is 1.41 bits per heavy atom. The second-order valence-electron chi connectivity index (χ2n) is 3.94. The monoisotopic (exact) mass is 251 g/mol. The van der Waals surface area contributed by atoms with Crippen LogP contribution in [0.5, 0.6) is 0 Å². The maximum absolute atomic E-state index is 12.2. The van der Waals surface area contributed by atoms with E-state index >= 15 is 0 Å². The van der Waals surface area contributed by atoms with Crippen LogP contribution in [0.1, 0.15) is 16.9 Å². The molecule has 5 heteroatoms. The lowest BCUT2D eigenvalue weighted by molar-refractivity contribution is 0.0762. The van der Waals surface area contributed by atoms with Gasteiger partial charge in [0, 0.05) is 25.9 Å². The molecule has 1 fully saturated rings. The fourth-order valence-corrected chi connectivity index (χ4v) is 2.67. The summed E-state index contributed by atoms with van der Waals surface area (Å²) < 4.78 is 0. The van der Waals surface area contributed by atoms with E-state index in [2.05, 4.69) is 10.3 Å². The van der Waals surface area contributed by atoms with Crippen molar-refractivity contribution >= 4 is 23.4 Å². The van der Waals surface area contributed by atoms with Crippen molar-refractivity contribution in [2.45, 2.75) is 6.42 Å². The Hall–Kier alpha value is -1.23. The lowest BCUT2D eigenvalue weighted by atomic mass is 10.3. The number of pyridine rings is 1. The van der Waals surface area contributed by atoms with Crippen molar-refractivity contribution in [3.8, 4) is 0 Å². The smallest absolute Gasteiger partial charge is 0.272 e. The van der Waals surface area contributed by atoms with E-state index < -0.39 is 0 Å². The van der Waals surface area contributed by atoms with Crippen LogP contribution in [-0.2, 0) is 0 Å². The fourth-order valence-electron chi connectivity index (χ4n) is 1.78. The summed E-state index contributed by atoms with van der Waals surface area (Å²) in [6.07, 6.45) is 2.77. The summed E-state index contributed by atoms with van der Waals surface area (Å²) in [6.45, 7) is 1.68. The van der Waals surface area contributed by atoms with E-state index in [-0.39, 0.29) is 5.91 Å². The molecular weight excluding hydrogens is 234 g/mol. The van der Waals surface area contributed by atoms with E-state index in [4.69, 9.17) is 0 Å². The van der Waals surface area contributed by atoms with Gasteiger partial charge in [-0.15, -0.1) is 0 Å². The molecule has 2 heterocycles. The number of rotatable bonds is 2. The first-order chi connectivity index (χ1) is 8.31. The molecule has 1 aliphatic rings. The average molecular weight is 251 g/mol. The molecule has 0 aromatic carbocycles. The van der Waals surface area contributed by atoms with Gasteiger partial charge in [0.1, 0.15) is 5.69 Å². The Bertz CT molecular complexity index is 372. The Morgan fingerprint density at radius 3 is 3.00 bits per heavy atom. The number of carbonyl (C=O) groups excluding carboxylic acids is 1. The zero-order valence-corrected chi connectivity index (χ0v) is 10.8. The predicted octanol–water partition coefficient (Wildman–Crippen LogP) is 1.70. The minimum Gasteiger partial charge on any atom is -0.387 e. The summed E-state index contributed by atoms with van der Waals surface area (Å²) in [5, 5.41) is 2.99. The van der Waals surface area contributed by atoms with E-state index in [1.807, 2.05) is 29.8 Å². The number of carbonyl (C=O) groups is 1. The number of nitrogens with one attached hydrogen (secondary N) is 1. The summed E-state index contributed by atoms with van der Waals surface area (Å²) in [6, 6.07) is 3.67. The van der Waals surface area contributed by atoms with Gasteiger partial charge in [-0.2, -0.15) is 11.8 Å². The molecule has 0 spiro atoms. The second-order valence-corrected chi connectivity index (χ2v) is 5.16. The van der Waals surface area contributed by atoms with Gasteiger partial charge in [0.2, 0.25) is 0 Å². The molecule has 2 rings (SSSR count). The first-order valence-corrected chi connectivity index (χ1v) is 6.97. The van der Waals surface area contributed by atoms with Gasteiger partial charge in [0.25, 0.3) is 5.91 Å². The van der Waals surface area contributed by atoms with Gasteiger partial charge >= 0.3 is 0 Å². The van der Waals surface area contributed by atoms with E-state index in [0.717, 1.165) is 36.7 Å². The van der Waals surface area contributed by atoms with Crippen LogP contribution in [0.15, 0.2) is 18.3 Å². The van der Waals surface area contributed by atoms with Gasteiger partial charge in [-0.1, -0.05) is 0 Å². The largest absolute Gasteiger partial charge is 0.387 e. The second kappa shape index (κ2) is 5.91. The van der Waals surface area contributed by atoms with E-state index in [0.29, 0.717) is 5.69 Å². The SMILES string of the molecule is CNc1ccc(C(=O)N2CCCSCC2)nc1. The molecule has 1 aromatic rings. The van der Waals surface area contributed by atoms with Crippen LogP contribution in [0.3, 0.4) is 0 Å². The van der Waals surface area contributed by atoms with Gasteiger partial charge < -0.3 is 10.2 Å². The number of thioether (sulfide) groups is 1. The lowest BCUT2D eigenvalue weighted by Crippen LogP contribution is -2.33. The topological polar surface area (TPSA) is 45.2 Å². The van der Waals surface area contributed by atoms with Crippen molar-refractivity contribution in [3.05, 3.63) is 24.0 Å². The quantitative estimate of drug-likeness (QED) is 0.869. The number of hydrogen-bond acceptors (Lipinski definition) is 4. The molecule has 1 amide bonds. The highest BCUT2D eigenvalue weighted by atomic mass is 32.2. The van der Waals surface area contributed by atoms with Gasteiger partial charge in [-0.05, 0) is 24.3 Å². The average Bonchev–Trinajstić information content (AvgIpc) is 2.67. The molecule has 0 unspecified atom stereocenters. The first kappa shape index (κ1) is 12.2. The summed E-state index contributed by atoms with van der Waals surface area (Å²) in [4.78, 5) is 18.3. The minimum absolute atomic E-state index is 0.0511. The Morgan fingerprint density at radius 2 is 2.29 bits per heavy atom. The van der Waals surface area contributed by atoms with Crippen LogP contribution in [0, 0.1) is 0 Å². The number of anilines is 1. The highest BCUT2D eigenvalue weighted by Crippen LogP contribution is 2.13. The number of amides is 1. The van der Waals surface area contributed by atoms with Crippen molar-refractivity contribution in [2.75, 3.05) is 37.0 Å². The molecule has 17 heavy (non-hydrogen) atoms. The maximum Gasteiger partial charge on any atom is 0.272 e. The predicted molar refractivity (Wildman–Crippen MR) is 71.6 cm³/mol. The third kappa shape index (κ3) is 3.12. The van der Waals surface area contributed by atoms with Crippen LogP contribution in [0.2, 0.25) is 0 Å². The molecule has 1 N–H and O–H groups in total. The molecule has 0 aliphatic carbocycles. The molecule has 0 radical (unpaired) electrons. The summed E-state index contributed by atoms with van der Waals surface area (Å²) in [5.41, 5.74) is 1.46. The van der Waals surface area contributed by atoms with E-state index in [9.17, 15) is 4.79 Å². The first-order valence-electron chi connectivity index (χ1n) is 5.82. The highest BCUT2D eigenvalue weighted by molar-refractivity contribution is 7.99. The third-order valence-electron chi connectivity index (χ3n) is 2.78. The van der Waals surface area contributed by atoms with Crippen molar-refractivity contribution in [2.24, 2.45) is 0 Å². The molecule has 0 saturated carbocycles. The number of hydrogen-bond donors (Lipinski definition) is 1. The van der Waals surface area contributed by atoms with Gasteiger partial charge in [0.15, 0.2) is 0 Å². The van der Waals surface area contributed by atoms with Crippen LogP contribution < -0.4 is 5.32 Å². The Kier molecular flexibility index (Phi) is 4.25. The number of aromatic nitrogens is 1. The zero-order chi connectivity index (χ0) is 12.1. The molecule has 1 aliphatic heterocycles. The zero-order valence-electron chi connectivity index (χ0n) is 9.98. The minimum atomic E-state index is 0.0511. The molecule has 0 bridgehead atoms. The Labute approximate surface area is 106 Å². The third-order valence-corrected chi connectivity index (χ3v) is 3.83. The highest BCUT2D eigenvalue weighted by Gasteiger charge is 2.18. The van der Waals surface area contributed by atoms with Crippen molar-refractivity contribution in [1.29, 1.82) is 0 Å². The van der Waals surface area contributed by atoms with E-state index in [1.165, 1.54) is 0 Å². The molecular formula is C12H17N3OS. The fraction of sp³-hybridized carbons (Fsp3) is 0.500. The van der Waals surface area contributed by atoms with Gasteiger partial charge in [0.05, 0.1) is 11.9 Å². The Balaban J connectivity index is 2.06. The maximum atomic E-state index is 12.2. The summed E-state index contributed by atoms with van der Waals surface area (Å²) >= 11 is 1.91. The molecule has 1 aromatic heterocycles. The van der Waals surface area contributed by atoms with Crippen LogP contribution in [-0.4, -0.2) is 47.4 Å².